The predicted molar refractivity (Wildman–Crippen MR) is 66.5 cm³/mol. The molecular formula is C13H18N2O2. The average Bonchev–Trinajstić information content (AvgIpc) is 2.76. The van der Waals surface area contributed by atoms with Gasteiger partial charge in [0.25, 0.3) is 0 Å². The molecule has 2 atom stereocenters. The summed E-state index contributed by atoms with van der Waals surface area (Å²) < 4.78 is 0. The van der Waals surface area contributed by atoms with Crippen LogP contribution in [0, 0.1) is 11.8 Å². The summed E-state index contributed by atoms with van der Waals surface area (Å²) in [6, 6.07) is 7.25. The summed E-state index contributed by atoms with van der Waals surface area (Å²) >= 11 is 0. The van der Waals surface area contributed by atoms with E-state index in [0.717, 1.165) is 24.3 Å². The Kier molecular flexibility index (Phi) is 3.76. The Bertz CT molecular complexity index is 389. The molecule has 0 aromatic heterocycles. The van der Waals surface area contributed by atoms with E-state index in [9.17, 15) is 4.79 Å². The van der Waals surface area contributed by atoms with Crippen LogP contribution >= 0.6 is 0 Å². The number of anilines is 1. The number of rotatable bonds is 3. The summed E-state index contributed by atoms with van der Waals surface area (Å²) in [5.74, 6) is 0.499. The maximum atomic E-state index is 12.0. The molecule has 0 saturated carbocycles. The molecule has 1 aromatic rings. The fraction of sp³-hybridized carbons (Fsp3) is 0.462. The van der Waals surface area contributed by atoms with Crippen LogP contribution in [0.3, 0.4) is 0 Å². The van der Waals surface area contributed by atoms with Gasteiger partial charge in [-0.05, 0) is 30.2 Å². The van der Waals surface area contributed by atoms with Crippen LogP contribution in [0.4, 0.5) is 5.69 Å². The maximum Gasteiger partial charge on any atom is 0.229 e. The monoisotopic (exact) mass is 234 g/mol. The van der Waals surface area contributed by atoms with Gasteiger partial charge in [-0.1, -0.05) is 19.1 Å². The first-order chi connectivity index (χ1) is 8.20. The molecule has 0 unspecified atom stereocenters. The highest BCUT2D eigenvalue weighted by molar-refractivity contribution is 5.93. The van der Waals surface area contributed by atoms with Crippen molar-refractivity contribution < 1.29 is 9.90 Å². The topological polar surface area (TPSA) is 61.4 Å². The summed E-state index contributed by atoms with van der Waals surface area (Å²) in [5, 5.41) is 15.0. The zero-order valence-corrected chi connectivity index (χ0v) is 9.94. The molecular weight excluding hydrogens is 216 g/mol. The van der Waals surface area contributed by atoms with E-state index < -0.39 is 0 Å². The molecule has 0 bridgehead atoms. The minimum Gasteiger partial charge on any atom is -0.392 e. The van der Waals surface area contributed by atoms with Crippen molar-refractivity contribution in [2.45, 2.75) is 13.5 Å². The minimum atomic E-state index is 0.0256. The van der Waals surface area contributed by atoms with Crippen molar-refractivity contribution in [2.24, 2.45) is 11.8 Å². The molecule has 2 rings (SSSR count). The number of carbonyl (C=O) groups is 1. The molecule has 1 aliphatic rings. The molecule has 1 amide bonds. The van der Waals surface area contributed by atoms with Gasteiger partial charge in [0.05, 0.1) is 12.5 Å². The highest BCUT2D eigenvalue weighted by Gasteiger charge is 2.29. The smallest absolute Gasteiger partial charge is 0.229 e. The lowest BCUT2D eigenvalue weighted by Crippen LogP contribution is -2.27. The number of carbonyl (C=O) groups excluding carboxylic acids is 1. The Morgan fingerprint density at radius 2 is 2.12 bits per heavy atom. The fourth-order valence-corrected chi connectivity index (χ4v) is 2.09. The van der Waals surface area contributed by atoms with Crippen molar-refractivity contribution in [3.8, 4) is 0 Å². The van der Waals surface area contributed by atoms with Crippen molar-refractivity contribution in [3.05, 3.63) is 29.8 Å². The first-order valence-electron chi connectivity index (χ1n) is 5.92. The molecule has 92 valence electrons. The summed E-state index contributed by atoms with van der Waals surface area (Å²) in [7, 11) is 0. The molecule has 4 heteroatoms. The second-order valence-corrected chi connectivity index (χ2v) is 4.59. The van der Waals surface area contributed by atoms with Gasteiger partial charge in [-0.25, -0.2) is 0 Å². The molecule has 1 heterocycles. The number of benzene rings is 1. The van der Waals surface area contributed by atoms with Gasteiger partial charge in [-0.3, -0.25) is 4.79 Å². The summed E-state index contributed by atoms with van der Waals surface area (Å²) in [5.41, 5.74) is 1.63. The van der Waals surface area contributed by atoms with Gasteiger partial charge >= 0.3 is 0 Å². The molecule has 0 radical (unpaired) electrons. The van der Waals surface area contributed by atoms with E-state index in [1.165, 1.54) is 0 Å². The molecule has 0 aliphatic carbocycles. The zero-order valence-electron chi connectivity index (χ0n) is 9.94. The largest absolute Gasteiger partial charge is 0.392 e. The Morgan fingerprint density at radius 3 is 2.65 bits per heavy atom. The summed E-state index contributed by atoms with van der Waals surface area (Å²) in [6.07, 6.45) is 0. The van der Waals surface area contributed by atoms with Gasteiger partial charge in [0, 0.05) is 12.2 Å². The van der Waals surface area contributed by atoms with Crippen LogP contribution in [-0.2, 0) is 11.4 Å². The number of aliphatic hydroxyl groups excluding tert-OH is 1. The van der Waals surface area contributed by atoms with Gasteiger partial charge in [0.15, 0.2) is 0 Å². The second-order valence-electron chi connectivity index (χ2n) is 4.59. The van der Waals surface area contributed by atoms with Crippen LogP contribution < -0.4 is 10.6 Å². The maximum absolute atomic E-state index is 12.0. The SMILES string of the molecule is C[C@@H]1CNC[C@H]1C(=O)Nc1ccc(CO)cc1. The first kappa shape index (κ1) is 12.1. The van der Waals surface area contributed by atoms with Crippen LogP contribution in [0.15, 0.2) is 24.3 Å². The number of nitrogens with one attached hydrogen (secondary N) is 2. The third kappa shape index (κ3) is 2.84. The van der Waals surface area contributed by atoms with E-state index in [2.05, 4.69) is 17.6 Å². The molecule has 1 saturated heterocycles. The lowest BCUT2D eigenvalue weighted by atomic mass is 9.97. The van der Waals surface area contributed by atoms with E-state index in [4.69, 9.17) is 5.11 Å². The van der Waals surface area contributed by atoms with Gasteiger partial charge in [-0.15, -0.1) is 0 Å². The molecule has 0 spiro atoms. The van der Waals surface area contributed by atoms with E-state index in [0.29, 0.717) is 5.92 Å². The highest BCUT2D eigenvalue weighted by atomic mass is 16.3. The van der Waals surface area contributed by atoms with Crippen molar-refractivity contribution in [1.82, 2.24) is 5.32 Å². The van der Waals surface area contributed by atoms with Crippen LogP contribution in [0.2, 0.25) is 0 Å². The van der Waals surface area contributed by atoms with Crippen LogP contribution in [-0.4, -0.2) is 24.1 Å². The standard InChI is InChI=1S/C13H18N2O2/c1-9-6-14-7-12(9)13(17)15-11-4-2-10(8-16)3-5-11/h2-5,9,12,14,16H,6-8H2,1H3,(H,15,17)/t9-,12-/m1/s1. The average molecular weight is 234 g/mol. The quantitative estimate of drug-likeness (QED) is 0.730. The van der Waals surface area contributed by atoms with Crippen molar-refractivity contribution >= 4 is 11.6 Å². The minimum absolute atomic E-state index is 0.0256. The number of hydrogen-bond acceptors (Lipinski definition) is 3. The fourth-order valence-electron chi connectivity index (χ4n) is 2.09. The van der Waals surface area contributed by atoms with Gasteiger partial charge in [0.2, 0.25) is 5.91 Å². The Hall–Kier alpha value is -1.39. The van der Waals surface area contributed by atoms with Crippen molar-refractivity contribution in [1.29, 1.82) is 0 Å². The predicted octanol–water partition coefficient (Wildman–Crippen LogP) is 0.973. The van der Waals surface area contributed by atoms with Crippen LogP contribution in [0.1, 0.15) is 12.5 Å². The zero-order chi connectivity index (χ0) is 12.3. The Labute approximate surface area is 101 Å². The molecule has 17 heavy (non-hydrogen) atoms. The lowest BCUT2D eigenvalue weighted by molar-refractivity contribution is -0.120. The van der Waals surface area contributed by atoms with Gasteiger partial charge in [0.1, 0.15) is 0 Å². The molecule has 3 N–H and O–H groups in total. The number of aliphatic hydroxyl groups is 1. The van der Waals surface area contributed by atoms with Crippen molar-refractivity contribution in [2.75, 3.05) is 18.4 Å². The van der Waals surface area contributed by atoms with E-state index >= 15 is 0 Å². The first-order valence-corrected chi connectivity index (χ1v) is 5.92. The molecule has 1 fully saturated rings. The Morgan fingerprint density at radius 1 is 1.41 bits per heavy atom. The molecule has 1 aliphatic heterocycles. The number of amides is 1. The normalized spacial score (nSPS) is 23.6. The van der Waals surface area contributed by atoms with Crippen molar-refractivity contribution in [3.63, 3.8) is 0 Å². The summed E-state index contributed by atoms with van der Waals surface area (Å²) in [4.78, 5) is 12.0. The lowest BCUT2D eigenvalue weighted by Gasteiger charge is -2.14. The Balaban J connectivity index is 1.97. The highest BCUT2D eigenvalue weighted by Crippen LogP contribution is 2.18. The summed E-state index contributed by atoms with van der Waals surface area (Å²) in [6.45, 7) is 3.76. The number of hydrogen-bond donors (Lipinski definition) is 3. The third-order valence-electron chi connectivity index (χ3n) is 3.26. The van der Waals surface area contributed by atoms with Crippen LogP contribution in [0.5, 0.6) is 0 Å². The van der Waals surface area contributed by atoms with E-state index in [-0.39, 0.29) is 18.4 Å². The third-order valence-corrected chi connectivity index (χ3v) is 3.26. The van der Waals surface area contributed by atoms with Gasteiger partial charge < -0.3 is 15.7 Å². The van der Waals surface area contributed by atoms with E-state index in [1.807, 2.05) is 24.3 Å². The molecule has 1 aromatic carbocycles. The molecule has 4 nitrogen and oxygen atoms in total. The van der Waals surface area contributed by atoms with Gasteiger partial charge in [-0.2, -0.15) is 0 Å². The van der Waals surface area contributed by atoms with Crippen LogP contribution in [0.25, 0.3) is 0 Å². The van der Waals surface area contributed by atoms with E-state index in [1.54, 1.807) is 0 Å². The second kappa shape index (κ2) is 5.29.